The predicted molar refractivity (Wildman–Crippen MR) is 105 cm³/mol. The summed E-state index contributed by atoms with van der Waals surface area (Å²) in [6.07, 6.45) is 1.35. The highest BCUT2D eigenvalue weighted by Gasteiger charge is 2.36. The van der Waals surface area contributed by atoms with Gasteiger partial charge in [-0.05, 0) is 39.5 Å². The van der Waals surface area contributed by atoms with Crippen molar-refractivity contribution in [1.82, 2.24) is 15.1 Å². The fourth-order valence-corrected chi connectivity index (χ4v) is 3.69. The Morgan fingerprint density at radius 2 is 1.60 bits per heavy atom. The molecule has 1 aliphatic heterocycles. The molecule has 1 heterocycles. The van der Waals surface area contributed by atoms with Crippen molar-refractivity contribution < 1.29 is 9.53 Å². The predicted octanol–water partition coefficient (Wildman–Crippen LogP) is 2.75. The van der Waals surface area contributed by atoms with E-state index in [0.717, 1.165) is 39.2 Å². The van der Waals surface area contributed by atoms with Gasteiger partial charge in [-0.1, -0.05) is 27.7 Å². The van der Waals surface area contributed by atoms with Crippen LogP contribution in [0.25, 0.3) is 0 Å². The van der Waals surface area contributed by atoms with Crippen LogP contribution in [0.1, 0.15) is 61.8 Å². The molecule has 0 radical (unpaired) electrons. The topological polar surface area (TPSA) is 44.8 Å². The maximum absolute atomic E-state index is 12.3. The van der Waals surface area contributed by atoms with Crippen molar-refractivity contribution in [2.24, 2.45) is 5.41 Å². The van der Waals surface area contributed by atoms with Crippen LogP contribution < -0.4 is 5.32 Å². The molecule has 1 fully saturated rings. The Bertz CT molecular complexity index is 411. The van der Waals surface area contributed by atoms with Gasteiger partial charge >= 0.3 is 0 Å². The average Bonchev–Trinajstić information content (AvgIpc) is 2.50. The quantitative estimate of drug-likeness (QED) is 0.691. The number of hydrogen-bond donors (Lipinski definition) is 1. The number of carbonyl (C=O) groups excluding carboxylic acids is 1. The van der Waals surface area contributed by atoms with E-state index in [2.05, 4.69) is 65.6 Å². The molecule has 1 amide bonds. The summed E-state index contributed by atoms with van der Waals surface area (Å²) in [6.45, 7) is 22.3. The van der Waals surface area contributed by atoms with E-state index in [1.165, 1.54) is 0 Å². The van der Waals surface area contributed by atoms with Gasteiger partial charge in [0.25, 0.3) is 0 Å². The van der Waals surface area contributed by atoms with E-state index in [1.807, 2.05) is 4.90 Å². The summed E-state index contributed by atoms with van der Waals surface area (Å²) in [5.74, 6) is 0.219. The van der Waals surface area contributed by atoms with Crippen LogP contribution >= 0.6 is 0 Å². The molecular weight excluding hydrogens is 314 g/mol. The first-order chi connectivity index (χ1) is 11.4. The first-order valence-electron chi connectivity index (χ1n) is 9.81. The van der Waals surface area contributed by atoms with Crippen molar-refractivity contribution in [2.75, 3.05) is 39.3 Å². The second-order valence-electron chi connectivity index (χ2n) is 9.42. The molecule has 0 spiro atoms. The molecule has 0 atom stereocenters. The lowest BCUT2D eigenvalue weighted by molar-refractivity contribution is -0.133. The third-order valence-electron chi connectivity index (χ3n) is 4.87. The van der Waals surface area contributed by atoms with Gasteiger partial charge in [-0.3, -0.25) is 9.69 Å². The average molecular weight is 356 g/mol. The van der Waals surface area contributed by atoms with Gasteiger partial charge in [0.1, 0.15) is 0 Å². The maximum atomic E-state index is 12.3. The largest absolute Gasteiger partial charge is 0.378 e. The molecule has 5 heteroatoms. The summed E-state index contributed by atoms with van der Waals surface area (Å²) < 4.78 is 5.86. The Hall–Kier alpha value is -0.650. The van der Waals surface area contributed by atoms with Crippen molar-refractivity contribution in [3.63, 3.8) is 0 Å². The highest BCUT2D eigenvalue weighted by Crippen LogP contribution is 2.33. The second kappa shape index (κ2) is 9.33. The highest BCUT2D eigenvalue weighted by atomic mass is 16.5. The summed E-state index contributed by atoms with van der Waals surface area (Å²) in [7, 11) is 0. The number of nitrogens with zero attached hydrogens (tertiary/aromatic N) is 2. The number of rotatable bonds is 9. The van der Waals surface area contributed by atoms with E-state index in [0.29, 0.717) is 12.6 Å². The van der Waals surface area contributed by atoms with Gasteiger partial charge in [0.05, 0.1) is 19.3 Å². The van der Waals surface area contributed by atoms with E-state index >= 15 is 0 Å². The van der Waals surface area contributed by atoms with Crippen molar-refractivity contribution >= 4 is 5.91 Å². The Morgan fingerprint density at radius 1 is 1.04 bits per heavy atom. The van der Waals surface area contributed by atoms with E-state index < -0.39 is 0 Å². The van der Waals surface area contributed by atoms with Gasteiger partial charge in [-0.2, -0.15) is 0 Å². The number of amides is 1. The minimum absolute atomic E-state index is 0.106. The van der Waals surface area contributed by atoms with E-state index in [1.54, 1.807) is 0 Å². The molecule has 1 N–H and O–H groups in total. The zero-order valence-electron chi connectivity index (χ0n) is 17.8. The monoisotopic (exact) mass is 355 g/mol. The summed E-state index contributed by atoms with van der Waals surface area (Å²) in [5, 5.41) is 3.22. The smallest absolute Gasteiger partial charge is 0.236 e. The van der Waals surface area contributed by atoms with E-state index in [9.17, 15) is 4.79 Å². The van der Waals surface area contributed by atoms with Crippen LogP contribution in [0.3, 0.4) is 0 Å². The lowest BCUT2D eigenvalue weighted by atomic mass is 9.79. The summed E-state index contributed by atoms with van der Waals surface area (Å²) in [4.78, 5) is 16.8. The van der Waals surface area contributed by atoms with Crippen LogP contribution in [0, 0.1) is 5.41 Å². The van der Waals surface area contributed by atoms with Crippen molar-refractivity contribution in [3.05, 3.63) is 0 Å². The van der Waals surface area contributed by atoms with Gasteiger partial charge in [0.15, 0.2) is 0 Å². The van der Waals surface area contributed by atoms with E-state index in [4.69, 9.17) is 4.74 Å². The van der Waals surface area contributed by atoms with Crippen LogP contribution in [0.5, 0.6) is 0 Å². The first-order valence-corrected chi connectivity index (χ1v) is 9.81. The minimum atomic E-state index is 0.106. The highest BCUT2D eigenvalue weighted by molar-refractivity contribution is 5.78. The standard InChI is InChI=1S/C20H41N3O2/c1-16(2)21-13-18(24)22-9-11-23(12-10-22)20(7,8)14-19(5,6)15-25-17(3)4/h16-17,21H,9-15H2,1-8H3. The molecule has 0 aliphatic carbocycles. The molecule has 0 aromatic rings. The fraction of sp³-hybridized carbons (Fsp3) is 0.950. The van der Waals surface area contributed by atoms with Gasteiger partial charge < -0.3 is 15.0 Å². The molecule has 5 nitrogen and oxygen atoms in total. The summed E-state index contributed by atoms with van der Waals surface area (Å²) in [6, 6.07) is 0.347. The lowest BCUT2D eigenvalue weighted by Crippen LogP contribution is -2.57. The summed E-state index contributed by atoms with van der Waals surface area (Å²) >= 11 is 0. The van der Waals surface area contributed by atoms with Crippen LogP contribution in [0.4, 0.5) is 0 Å². The zero-order chi connectivity index (χ0) is 19.3. The van der Waals surface area contributed by atoms with E-state index in [-0.39, 0.29) is 23.0 Å². The molecule has 0 bridgehead atoms. The van der Waals surface area contributed by atoms with Crippen LogP contribution in [-0.2, 0) is 9.53 Å². The third-order valence-corrected chi connectivity index (χ3v) is 4.87. The Labute approximate surface area is 155 Å². The molecule has 1 rings (SSSR count). The number of hydrogen-bond acceptors (Lipinski definition) is 4. The molecule has 1 saturated heterocycles. The normalized spacial score (nSPS) is 17.6. The van der Waals surface area contributed by atoms with Crippen LogP contribution in [0.2, 0.25) is 0 Å². The third kappa shape index (κ3) is 8.06. The molecular formula is C20H41N3O2. The molecule has 148 valence electrons. The number of piperazine rings is 1. The molecule has 0 unspecified atom stereocenters. The Morgan fingerprint density at radius 3 is 2.08 bits per heavy atom. The van der Waals surface area contributed by atoms with Gasteiger partial charge in [0, 0.05) is 37.8 Å². The van der Waals surface area contributed by atoms with Gasteiger partial charge in [0.2, 0.25) is 5.91 Å². The van der Waals surface area contributed by atoms with Gasteiger partial charge in [-0.25, -0.2) is 0 Å². The van der Waals surface area contributed by atoms with Crippen molar-refractivity contribution in [2.45, 2.75) is 79.5 Å². The first kappa shape index (κ1) is 22.4. The molecule has 0 saturated carbocycles. The SMILES string of the molecule is CC(C)NCC(=O)N1CCN(C(C)(C)CC(C)(C)COC(C)C)CC1. The summed E-state index contributed by atoms with van der Waals surface area (Å²) in [5.41, 5.74) is 0.247. The Kier molecular flexibility index (Phi) is 8.36. The molecule has 0 aromatic carbocycles. The Balaban J connectivity index is 2.50. The number of carbonyl (C=O) groups is 1. The number of nitrogens with one attached hydrogen (secondary N) is 1. The maximum Gasteiger partial charge on any atom is 0.236 e. The minimum Gasteiger partial charge on any atom is -0.378 e. The van der Waals surface area contributed by atoms with Gasteiger partial charge in [-0.15, -0.1) is 0 Å². The van der Waals surface area contributed by atoms with Crippen LogP contribution in [-0.4, -0.2) is 72.7 Å². The molecule has 25 heavy (non-hydrogen) atoms. The molecule has 0 aromatic heterocycles. The molecule has 1 aliphatic rings. The lowest BCUT2D eigenvalue weighted by Gasteiger charge is -2.47. The fourth-order valence-electron chi connectivity index (χ4n) is 3.69. The van der Waals surface area contributed by atoms with Crippen molar-refractivity contribution in [1.29, 1.82) is 0 Å². The number of ether oxygens (including phenoxy) is 1. The van der Waals surface area contributed by atoms with Crippen molar-refractivity contribution in [3.8, 4) is 0 Å². The zero-order valence-corrected chi connectivity index (χ0v) is 17.8. The van der Waals surface area contributed by atoms with Crippen LogP contribution in [0.15, 0.2) is 0 Å². The second-order valence-corrected chi connectivity index (χ2v) is 9.42.